The Hall–Kier alpha value is -0.420. The zero-order chi connectivity index (χ0) is 7.72. The first-order valence-corrected chi connectivity index (χ1v) is 3.20. The van der Waals surface area contributed by atoms with Crippen molar-refractivity contribution in [2.75, 3.05) is 0 Å². The lowest BCUT2D eigenvalue weighted by atomic mass is 10.4. The second kappa shape index (κ2) is 2.67. The number of rotatable bonds is 1. The van der Waals surface area contributed by atoms with Crippen LogP contribution in [0.2, 0.25) is 0 Å². The van der Waals surface area contributed by atoms with E-state index in [4.69, 9.17) is 15.9 Å². The third-order valence-corrected chi connectivity index (χ3v) is 1.56. The Kier molecular flexibility index (Phi) is 2.05. The molecule has 0 saturated carbocycles. The standard InChI is InChI=1S/C6H12N2O2/c1-4(9)8-5(7)2-3-6(8)10/h2-6,9-10H,7H2,1H3. The quantitative estimate of drug-likeness (QED) is 0.404. The largest absolute Gasteiger partial charge is 0.379 e. The fraction of sp³-hybridized carbons (Fsp3) is 0.667. The molecule has 4 nitrogen and oxygen atoms in total. The van der Waals surface area contributed by atoms with E-state index in [9.17, 15) is 0 Å². The minimum absolute atomic E-state index is 0.366. The van der Waals surface area contributed by atoms with Gasteiger partial charge in [-0.15, -0.1) is 0 Å². The number of hydrogen-bond acceptors (Lipinski definition) is 4. The smallest absolute Gasteiger partial charge is 0.130 e. The van der Waals surface area contributed by atoms with Gasteiger partial charge in [-0.25, -0.2) is 4.90 Å². The molecular formula is C6H12N2O2. The summed E-state index contributed by atoms with van der Waals surface area (Å²) in [6.45, 7) is 1.57. The number of nitrogens with two attached hydrogens (primary N) is 1. The van der Waals surface area contributed by atoms with Gasteiger partial charge in [-0.1, -0.05) is 6.08 Å². The van der Waals surface area contributed by atoms with E-state index >= 15 is 0 Å². The van der Waals surface area contributed by atoms with Gasteiger partial charge in [0.1, 0.15) is 12.5 Å². The van der Waals surface area contributed by atoms with Gasteiger partial charge in [0.15, 0.2) is 0 Å². The highest BCUT2D eigenvalue weighted by Gasteiger charge is 2.27. The zero-order valence-electron chi connectivity index (χ0n) is 5.81. The van der Waals surface area contributed by atoms with Gasteiger partial charge in [0.2, 0.25) is 0 Å². The Labute approximate surface area is 59.6 Å². The van der Waals surface area contributed by atoms with Crippen LogP contribution in [0.3, 0.4) is 0 Å². The van der Waals surface area contributed by atoms with Crippen LogP contribution in [0.5, 0.6) is 0 Å². The van der Waals surface area contributed by atoms with Crippen molar-refractivity contribution < 1.29 is 10.2 Å². The minimum Gasteiger partial charge on any atom is -0.379 e. The van der Waals surface area contributed by atoms with Gasteiger partial charge in [0, 0.05) is 0 Å². The van der Waals surface area contributed by atoms with E-state index in [1.165, 1.54) is 4.90 Å². The summed E-state index contributed by atoms with van der Waals surface area (Å²) in [5, 5.41) is 18.2. The SMILES string of the molecule is CC(O)N1C(N)C=CC1O. The summed E-state index contributed by atoms with van der Waals surface area (Å²) in [6.07, 6.45) is 1.39. The Morgan fingerprint density at radius 2 is 2.20 bits per heavy atom. The third-order valence-electron chi connectivity index (χ3n) is 1.56. The third kappa shape index (κ3) is 1.19. The summed E-state index contributed by atoms with van der Waals surface area (Å²) in [6, 6.07) is 0. The molecular weight excluding hydrogens is 132 g/mol. The second-order valence-corrected chi connectivity index (χ2v) is 2.37. The maximum absolute atomic E-state index is 9.13. The molecule has 3 atom stereocenters. The fourth-order valence-corrected chi connectivity index (χ4v) is 1.06. The lowest BCUT2D eigenvalue weighted by molar-refractivity contribution is -0.0750. The summed E-state index contributed by atoms with van der Waals surface area (Å²) in [4.78, 5) is 1.39. The van der Waals surface area contributed by atoms with Gasteiger partial charge in [0.25, 0.3) is 0 Å². The highest BCUT2D eigenvalue weighted by atomic mass is 16.3. The lowest BCUT2D eigenvalue weighted by Gasteiger charge is -2.27. The molecule has 0 radical (unpaired) electrons. The maximum atomic E-state index is 9.13. The molecule has 0 aromatic carbocycles. The molecule has 0 aromatic rings. The van der Waals surface area contributed by atoms with Gasteiger partial charge in [-0.05, 0) is 13.0 Å². The maximum Gasteiger partial charge on any atom is 0.130 e. The summed E-state index contributed by atoms with van der Waals surface area (Å²) in [7, 11) is 0. The molecule has 0 bridgehead atoms. The predicted octanol–water partition coefficient (Wildman–Crippen LogP) is -1.20. The molecule has 1 heterocycles. The molecule has 3 unspecified atom stereocenters. The first-order chi connectivity index (χ1) is 4.63. The molecule has 1 aliphatic rings. The van der Waals surface area contributed by atoms with Crippen LogP contribution in [0.25, 0.3) is 0 Å². The predicted molar refractivity (Wildman–Crippen MR) is 36.6 cm³/mol. The highest BCUT2D eigenvalue weighted by Crippen LogP contribution is 2.12. The average molecular weight is 144 g/mol. The molecule has 0 aliphatic carbocycles. The first-order valence-electron chi connectivity index (χ1n) is 3.20. The summed E-state index contributed by atoms with van der Waals surface area (Å²) < 4.78 is 0. The number of nitrogens with zero attached hydrogens (tertiary/aromatic N) is 1. The number of hydrogen-bond donors (Lipinski definition) is 3. The average Bonchev–Trinajstić information content (AvgIpc) is 2.11. The van der Waals surface area contributed by atoms with E-state index in [0.717, 1.165) is 0 Å². The van der Waals surface area contributed by atoms with Gasteiger partial charge in [-0.2, -0.15) is 0 Å². The van der Waals surface area contributed by atoms with Crippen LogP contribution in [-0.2, 0) is 0 Å². The van der Waals surface area contributed by atoms with Crippen LogP contribution >= 0.6 is 0 Å². The normalized spacial score (nSPS) is 36.8. The van der Waals surface area contributed by atoms with Crippen molar-refractivity contribution in [3.8, 4) is 0 Å². The summed E-state index contributed by atoms with van der Waals surface area (Å²) in [5.74, 6) is 0. The van der Waals surface area contributed by atoms with Crippen LogP contribution in [0.4, 0.5) is 0 Å². The van der Waals surface area contributed by atoms with Crippen LogP contribution in [0.1, 0.15) is 6.92 Å². The molecule has 0 spiro atoms. The van der Waals surface area contributed by atoms with E-state index in [2.05, 4.69) is 0 Å². The van der Waals surface area contributed by atoms with Crippen molar-refractivity contribution in [2.45, 2.75) is 25.5 Å². The van der Waals surface area contributed by atoms with E-state index in [0.29, 0.717) is 0 Å². The fourth-order valence-electron chi connectivity index (χ4n) is 1.06. The van der Waals surface area contributed by atoms with Gasteiger partial charge >= 0.3 is 0 Å². The Balaban J connectivity index is 2.60. The number of aliphatic hydroxyl groups excluding tert-OH is 2. The van der Waals surface area contributed by atoms with Gasteiger partial charge < -0.3 is 15.9 Å². The number of aliphatic hydroxyl groups is 2. The Morgan fingerprint density at radius 1 is 1.60 bits per heavy atom. The molecule has 0 amide bonds. The topological polar surface area (TPSA) is 69.7 Å². The molecule has 0 aromatic heterocycles. The van der Waals surface area contributed by atoms with Crippen molar-refractivity contribution >= 4 is 0 Å². The van der Waals surface area contributed by atoms with Crippen LogP contribution in [0, 0.1) is 0 Å². The zero-order valence-corrected chi connectivity index (χ0v) is 5.81. The molecule has 1 aliphatic heterocycles. The molecule has 0 saturated heterocycles. The molecule has 10 heavy (non-hydrogen) atoms. The molecule has 4 N–H and O–H groups in total. The van der Waals surface area contributed by atoms with Crippen LogP contribution in [0.15, 0.2) is 12.2 Å². The van der Waals surface area contributed by atoms with Gasteiger partial charge in [0.05, 0.1) is 6.17 Å². The first kappa shape index (κ1) is 7.68. The minimum atomic E-state index is -0.741. The van der Waals surface area contributed by atoms with Gasteiger partial charge in [-0.3, -0.25) is 0 Å². The molecule has 0 fully saturated rings. The van der Waals surface area contributed by atoms with Crippen LogP contribution < -0.4 is 5.73 Å². The molecule has 1 rings (SSSR count). The highest BCUT2D eigenvalue weighted by molar-refractivity contribution is 5.04. The van der Waals surface area contributed by atoms with E-state index in [1.54, 1.807) is 19.1 Å². The summed E-state index contributed by atoms with van der Waals surface area (Å²) in [5.41, 5.74) is 5.49. The van der Waals surface area contributed by atoms with E-state index in [1.807, 2.05) is 0 Å². The van der Waals surface area contributed by atoms with Crippen molar-refractivity contribution in [1.29, 1.82) is 0 Å². The molecule has 4 heteroatoms. The van der Waals surface area contributed by atoms with E-state index < -0.39 is 12.5 Å². The summed E-state index contributed by atoms with van der Waals surface area (Å²) >= 11 is 0. The Morgan fingerprint density at radius 3 is 2.40 bits per heavy atom. The monoisotopic (exact) mass is 144 g/mol. The molecule has 58 valence electrons. The van der Waals surface area contributed by atoms with Crippen LogP contribution in [-0.4, -0.2) is 33.7 Å². The second-order valence-electron chi connectivity index (χ2n) is 2.37. The van der Waals surface area contributed by atoms with Crippen molar-refractivity contribution in [1.82, 2.24) is 4.90 Å². The Bertz CT molecular complexity index is 135. The lowest BCUT2D eigenvalue weighted by Crippen LogP contribution is -2.47. The van der Waals surface area contributed by atoms with E-state index in [-0.39, 0.29) is 6.17 Å². The van der Waals surface area contributed by atoms with Crippen molar-refractivity contribution in [3.63, 3.8) is 0 Å². The van der Waals surface area contributed by atoms with Crippen molar-refractivity contribution in [2.24, 2.45) is 5.73 Å². The van der Waals surface area contributed by atoms with Crippen molar-refractivity contribution in [3.05, 3.63) is 12.2 Å².